The van der Waals surface area contributed by atoms with E-state index in [9.17, 15) is 91.3 Å². The van der Waals surface area contributed by atoms with Gasteiger partial charge in [-0.25, -0.2) is 0 Å². The van der Waals surface area contributed by atoms with Crippen molar-refractivity contribution in [3.05, 3.63) is 0 Å². The van der Waals surface area contributed by atoms with Gasteiger partial charge in [0, 0.05) is 13.8 Å². The summed E-state index contributed by atoms with van der Waals surface area (Å²) in [6.45, 7) is 1.06. The molecular weight excluding hydrogens is 972 g/mol. The molecule has 6 rings (SSSR count). The fourth-order valence-electron chi connectivity index (χ4n) is 9.06. The molecule has 6 aliphatic heterocycles. The van der Waals surface area contributed by atoms with Gasteiger partial charge in [-0.3, -0.25) is 9.59 Å². The lowest BCUT2D eigenvalue weighted by molar-refractivity contribution is -0.384. The van der Waals surface area contributed by atoms with E-state index in [0.717, 1.165) is 13.8 Å². The minimum Gasteiger partial charge on any atom is -0.394 e. The van der Waals surface area contributed by atoms with Crippen molar-refractivity contribution in [3.8, 4) is 0 Å². The lowest BCUT2D eigenvalue weighted by atomic mass is 9.94. The fraction of sp³-hybridized carbons (Fsp3) is 0.950. The number of carbonyl (C=O) groups excluding carboxylic acids is 2. The Morgan fingerprint density at radius 3 is 1.18 bits per heavy atom. The van der Waals surface area contributed by atoms with Gasteiger partial charge in [-0.05, 0) is 13.8 Å². The quantitative estimate of drug-likeness (QED) is 0.0682. The Hall–Kier alpha value is -2.14. The molecule has 31 nitrogen and oxygen atoms in total. The molecule has 0 aromatic rings. The van der Waals surface area contributed by atoms with E-state index in [4.69, 9.17) is 52.1 Å². The second-order valence-electron chi connectivity index (χ2n) is 18.2. The topological polar surface area (TPSA) is 483 Å². The van der Waals surface area contributed by atoms with E-state index in [1.165, 1.54) is 13.8 Å². The SMILES string of the molecule is CC(=O)N[C@H]1C(O)O[C@H](COC2O[C@H](CO)[C@@H](O)[C@H](OC3O[C@H](CO)[C@H](O)[C@H](O)[C@H]3OC3O[C@@H](C)[C@@H](O)[C@@H](O)[C@@H]3O)[C@H]2NC(C)=O)[C@H](O)[C@@H]1OC1O[C@H](CO)[C@H](O)[C@H](O)[C@H]1OC1O[C@@H](C)[C@@H](O)[C@@H](O)[C@@H]1O. The van der Waals surface area contributed by atoms with E-state index in [1.807, 2.05) is 0 Å². The van der Waals surface area contributed by atoms with Crippen molar-refractivity contribution in [2.45, 2.75) is 212 Å². The first kappa shape index (κ1) is 58.1. The number of nitrogens with one attached hydrogen (secondary N) is 2. The highest BCUT2D eigenvalue weighted by atomic mass is 16.8. The average Bonchev–Trinajstić information content (AvgIpc) is 3.32. The van der Waals surface area contributed by atoms with Gasteiger partial charge in [0.05, 0.1) is 38.6 Å². The summed E-state index contributed by atoms with van der Waals surface area (Å²) in [5.74, 6) is -1.60. The maximum atomic E-state index is 12.7. The van der Waals surface area contributed by atoms with Crippen LogP contribution in [0.4, 0.5) is 0 Å². The number of rotatable bonds is 16. The molecule has 6 saturated heterocycles. The molecule has 0 aromatic carbocycles. The summed E-state index contributed by atoms with van der Waals surface area (Å²) >= 11 is 0. The van der Waals surface area contributed by atoms with Crippen LogP contribution in [0, 0.1) is 0 Å². The highest BCUT2D eigenvalue weighted by Crippen LogP contribution is 2.36. The minimum absolute atomic E-state index is 0.793. The molecule has 71 heavy (non-hydrogen) atoms. The van der Waals surface area contributed by atoms with Crippen molar-refractivity contribution in [2.24, 2.45) is 0 Å². The second kappa shape index (κ2) is 24.7. The Kier molecular flexibility index (Phi) is 20.2. The van der Waals surface area contributed by atoms with Gasteiger partial charge in [0.15, 0.2) is 37.7 Å². The van der Waals surface area contributed by atoms with Crippen LogP contribution >= 0.6 is 0 Å². The normalized spacial score (nSPS) is 50.8. The monoisotopic (exact) mass is 1040 g/mol. The zero-order valence-electron chi connectivity index (χ0n) is 38.6. The first-order chi connectivity index (χ1) is 33.4. The molecular formula is C40H68N2O29. The maximum absolute atomic E-state index is 12.7. The molecule has 0 spiro atoms. The molecule has 31 heteroatoms. The average molecular weight is 1040 g/mol. The standard InChI is InChI=1S/C40H68N2O29/c1-9-19(48)25(54)29(58)37(62-9)70-33-27(56)21(50)13(5-43)66-39(33)68-31-17(41-11(3)46)35(60)64-16(24(31)53)8-61-36-18(42-12(4)47)32(23(52)15(7-45)65-36)69-40-34(28(57)22(51)14(6-44)67-40)71-38-30(59)26(55)20(49)10(2)63-38/h9-10,13-40,43-45,48-60H,5-8H2,1-4H3,(H,41,46)(H,42,47)/t9-,10-,13+,14+,15+,16+,17+,18+,19+,20+,21-,22-,23+,24-,25+,26+,27-,28-,29-,30-,31+,32+,33+,34+,35?,36?,37?,38?,39?,40?/m0/s1. The smallest absolute Gasteiger partial charge is 0.217 e. The second-order valence-corrected chi connectivity index (χ2v) is 18.2. The summed E-state index contributed by atoms with van der Waals surface area (Å²) < 4.78 is 63.5. The van der Waals surface area contributed by atoms with E-state index in [-0.39, 0.29) is 0 Å². The molecule has 6 fully saturated rings. The molecule has 18 N–H and O–H groups in total. The van der Waals surface area contributed by atoms with Gasteiger partial charge in [-0.2, -0.15) is 0 Å². The molecule has 6 heterocycles. The summed E-state index contributed by atoms with van der Waals surface area (Å²) in [6.07, 6.45) is -50.3. The highest BCUT2D eigenvalue weighted by Gasteiger charge is 2.57. The van der Waals surface area contributed by atoms with Crippen LogP contribution in [-0.2, 0) is 61.7 Å². The van der Waals surface area contributed by atoms with Crippen molar-refractivity contribution in [1.82, 2.24) is 10.6 Å². The largest absolute Gasteiger partial charge is 0.394 e. The van der Waals surface area contributed by atoms with Crippen LogP contribution in [-0.4, -0.2) is 304 Å². The van der Waals surface area contributed by atoms with E-state index >= 15 is 0 Å². The number of carbonyl (C=O) groups is 2. The molecule has 0 saturated carbocycles. The molecule has 0 radical (unpaired) electrons. The van der Waals surface area contributed by atoms with Crippen molar-refractivity contribution >= 4 is 11.8 Å². The number of aliphatic hydroxyl groups is 16. The minimum atomic E-state index is -2.07. The van der Waals surface area contributed by atoms with Gasteiger partial charge in [0.2, 0.25) is 11.8 Å². The van der Waals surface area contributed by atoms with Crippen molar-refractivity contribution in [1.29, 1.82) is 0 Å². The van der Waals surface area contributed by atoms with Crippen molar-refractivity contribution < 1.29 is 143 Å². The zero-order valence-corrected chi connectivity index (χ0v) is 38.6. The number of hydrogen-bond acceptors (Lipinski definition) is 29. The summed E-state index contributed by atoms with van der Waals surface area (Å²) in [5.41, 5.74) is 0. The van der Waals surface area contributed by atoms with Crippen LogP contribution in [0.2, 0.25) is 0 Å². The van der Waals surface area contributed by atoms with Gasteiger partial charge < -0.3 is 144 Å². The first-order valence-corrected chi connectivity index (χ1v) is 22.8. The lowest BCUT2D eigenvalue weighted by Crippen LogP contribution is -2.70. The van der Waals surface area contributed by atoms with Crippen LogP contribution < -0.4 is 10.6 Å². The van der Waals surface area contributed by atoms with Crippen molar-refractivity contribution in [2.75, 3.05) is 26.4 Å². The fourth-order valence-corrected chi connectivity index (χ4v) is 9.06. The Bertz CT molecular complexity index is 1710. The zero-order chi connectivity index (χ0) is 52.5. The van der Waals surface area contributed by atoms with E-state index in [2.05, 4.69) is 10.6 Å². The number of amides is 2. The molecule has 0 aliphatic carbocycles. The summed E-state index contributed by atoms with van der Waals surface area (Å²) in [7, 11) is 0. The number of aliphatic hydroxyl groups excluding tert-OH is 16. The van der Waals surface area contributed by atoms with Crippen LogP contribution in [0.15, 0.2) is 0 Å². The first-order valence-electron chi connectivity index (χ1n) is 22.8. The predicted octanol–water partition coefficient (Wildman–Crippen LogP) is -11.8. The molecule has 6 aliphatic rings. The maximum Gasteiger partial charge on any atom is 0.217 e. The molecule has 412 valence electrons. The number of hydrogen-bond donors (Lipinski definition) is 18. The van der Waals surface area contributed by atoms with Crippen LogP contribution in [0.25, 0.3) is 0 Å². The van der Waals surface area contributed by atoms with Gasteiger partial charge >= 0.3 is 0 Å². The third-order valence-electron chi connectivity index (χ3n) is 13.1. The Morgan fingerprint density at radius 1 is 0.394 bits per heavy atom. The van der Waals surface area contributed by atoms with E-state index in [1.54, 1.807) is 0 Å². The lowest BCUT2D eigenvalue weighted by Gasteiger charge is -2.50. The molecule has 0 aromatic heterocycles. The summed E-state index contributed by atoms with van der Waals surface area (Å²) in [6, 6.07) is -3.35. The van der Waals surface area contributed by atoms with Gasteiger partial charge in [0.25, 0.3) is 0 Å². The Morgan fingerprint density at radius 2 is 0.761 bits per heavy atom. The molecule has 6 unspecified atom stereocenters. The molecule has 2 amide bonds. The number of ether oxygens (including phenoxy) is 11. The van der Waals surface area contributed by atoms with Gasteiger partial charge in [-0.1, -0.05) is 0 Å². The van der Waals surface area contributed by atoms with Gasteiger partial charge in [0.1, 0.15) is 134 Å². The third-order valence-corrected chi connectivity index (χ3v) is 13.1. The highest BCUT2D eigenvalue weighted by molar-refractivity contribution is 5.73. The van der Waals surface area contributed by atoms with Crippen LogP contribution in [0.3, 0.4) is 0 Å². The van der Waals surface area contributed by atoms with E-state index in [0.29, 0.717) is 0 Å². The Balaban J connectivity index is 1.25. The van der Waals surface area contributed by atoms with E-state index < -0.39 is 222 Å². The van der Waals surface area contributed by atoms with Crippen molar-refractivity contribution in [3.63, 3.8) is 0 Å². The summed E-state index contributed by atoms with van der Waals surface area (Å²) in [4.78, 5) is 25.1. The third kappa shape index (κ3) is 12.6. The van der Waals surface area contributed by atoms with Gasteiger partial charge in [-0.15, -0.1) is 0 Å². The molecule has 30 atom stereocenters. The molecule has 0 bridgehead atoms. The van der Waals surface area contributed by atoms with Crippen LogP contribution in [0.5, 0.6) is 0 Å². The van der Waals surface area contributed by atoms with Crippen LogP contribution in [0.1, 0.15) is 27.7 Å². The Labute approximate surface area is 403 Å². The predicted molar refractivity (Wildman–Crippen MR) is 220 cm³/mol. The summed E-state index contributed by atoms with van der Waals surface area (Å²) in [5, 5.41) is 176.